The van der Waals surface area contributed by atoms with Crippen molar-refractivity contribution >= 4 is 21.6 Å². The predicted molar refractivity (Wildman–Crippen MR) is 68.0 cm³/mol. The van der Waals surface area contributed by atoms with Crippen molar-refractivity contribution in [3.8, 4) is 11.8 Å². The van der Waals surface area contributed by atoms with Crippen LogP contribution in [0.25, 0.3) is 0 Å². The molecule has 0 aromatic heterocycles. The van der Waals surface area contributed by atoms with Crippen LogP contribution >= 0.6 is 11.6 Å². The highest BCUT2D eigenvalue weighted by Crippen LogP contribution is 2.29. The molecular weight excluding hydrogens is 276 g/mol. The second-order valence-electron chi connectivity index (χ2n) is 3.53. The number of nitriles is 1. The van der Waals surface area contributed by atoms with Gasteiger partial charge >= 0.3 is 0 Å². The highest BCUT2D eigenvalue weighted by atomic mass is 35.5. The van der Waals surface area contributed by atoms with Crippen molar-refractivity contribution in [2.75, 3.05) is 20.7 Å². The van der Waals surface area contributed by atoms with E-state index >= 15 is 0 Å². The molecule has 0 saturated heterocycles. The quantitative estimate of drug-likeness (QED) is 0.829. The van der Waals surface area contributed by atoms with Crippen LogP contribution in [0.5, 0.6) is 5.75 Å². The molecule has 98 valence electrons. The molecule has 0 aliphatic heterocycles. The van der Waals surface area contributed by atoms with E-state index in [0.717, 1.165) is 4.31 Å². The molecule has 0 heterocycles. The van der Waals surface area contributed by atoms with Gasteiger partial charge in [0.2, 0.25) is 10.0 Å². The Morgan fingerprint density at radius 2 is 2.17 bits per heavy atom. The molecule has 0 aliphatic rings. The fraction of sp³-hybridized carbons (Fsp3) is 0.364. The lowest BCUT2D eigenvalue weighted by molar-refractivity contribution is 0.398. The van der Waals surface area contributed by atoms with Crippen LogP contribution in [-0.4, -0.2) is 33.4 Å². The van der Waals surface area contributed by atoms with Crippen LogP contribution in [-0.2, 0) is 10.0 Å². The van der Waals surface area contributed by atoms with Crippen molar-refractivity contribution in [1.82, 2.24) is 4.31 Å². The Balaban J connectivity index is 3.19. The van der Waals surface area contributed by atoms with Crippen LogP contribution in [0.3, 0.4) is 0 Å². The summed E-state index contributed by atoms with van der Waals surface area (Å²) in [6.45, 7) is 0.120. The lowest BCUT2D eigenvalue weighted by atomic mass is 10.3. The van der Waals surface area contributed by atoms with E-state index in [2.05, 4.69) is 0 Å². The molecule has 0 radical (unpaired) electrons. The van der Waals surface area contributed by atoms with Crippen LogP contribution in [0.1, 0.15) is 6.42 Å². The van der Waals surface area contributed by atoms with Gasteiger partial charge in [0.25, 0.3) is 0 Å². The van der Waals surface area contributed by atoms with Crippen molar-refractivity contribution in [3.05, 3.63) is 23.2 Å². The van der Waals surface area contributed by atoms with Crippen molar-refractivity contribution < 1.29 is 13.2 Å². The summed E-state index contributed by atoms with van der Waals surface area (Å²) in [6, 6.07) is 6.27. The number of sulfonamides is 1. The van der Waals surface area contributed by atoms with Crippen LogP contribution in [0.15, 0.2) is 23.1 Å². The van der Waals surface area contributed by atoms with Gasteiger partial charge in [0, 0.05) is 25.0 Å². The molecule has 18 heavy (non-hydrogen) atoms. The van der Waals surface area contributed by atoms with E-state index in [1.807, 2.05) is 6.07 Å². The molecular formula is C11H13ClN2O3S. The van der Waals surface area contributed by atoms with Crippen molar-refractivity contribution in [3.63, 3.8) is 0 Å². The number of ether oxygens (including phenoxy) is 1. The summed E-state index contributed by atoms with van der Waals surface area (Å²) >= 11 is 5.80. The van der Waals surface area contributed by atoms with E-state index in [1.54, 1.807) is 6.07 Å². The molecule has 0 unspecified atom stereocenters. The first-order valence-electron chi connectivity index (χ1n) is 5.10. The first-order valence-corrected chi connectivity index (χ1v) is 6.92. The minimum absolute atomic E-state index is 0.00191. The Morgan fingerprint density at radius 1 is 1.50 bits per heavy atom. The van der Waals surface area contributed by atoms with Crippen LogP contribution < -0.4 is 4.74 Å². The number of hydrogen-bond donors (Lipinski definition) is 0. The Kier molecular flexibility index (Phi) is 4.96. The van der Waals surface area contributed by atoms with Crippen molar-refractivity contribution in [1.29, 1.82) is 5.26 Å². The van der Waals surface area contributed by atoms with Crippen LogP contribution in [0.2, 0.25) is 5.02 Å². The van der Waals surface area contributed by atoms with Gasteiger partial charge in [-0.15, -0.1) is 0 Å². The molecule has 0 N–H and O–H groups in total. The van der Waals surface area contributed by atoms with Gasteiger partial charge in [-0.05, 0) is 18.2 Å². The Bertz CT molecular complexity index is 566. The number of benzene rings is 1. The average molecular weight is 289 g/mol. The monoisotopic (exact) mass is 288 g/mol. The van der Waals surface area contributed by atoms with Gasteiger partial charge in [-0.3, -0.25) is 0 Å². The van der Waals surface area contributed by atoms with Gasteiger partial charge in [-0.2, -0.15) is 9.57 Å². The summed E-state index contributed by atoms with van der Waals surface area (Å²) in [4.78, 5) is -0.00191. The number of nitrogens with zero attached hydrogens (tertiary/aromatic N) is 2. The first kappa shape index (κ1) is 14.8. The third-order valence-electron chi connectivity index (χ3n) is 2.35. The molecule has 0 fully saturated rings. The van der Waals surface area contributed by atoms with E-state index in [0.29, 0.717) is 5.02 Å². The number of halogens is 1. The molecule has 1 rings (SSSR count). The van der Waals surface area contributed by atoms with E-state index in [9.17, 15) is 8.42 Å². The third-order valence-corrected chi connectivity index (χ3v) is 4.47. The average Bonchev–Trinajstić information content (AvgIpc) is 2.35. The fourth-order valence-corrected chi connectivity index (χ4v) is 2.93. The van der Waals surface area contributed by atoms with Gasteiger partial charge < -0.3 is 4.74 Å². The second-order valence-corrected chi connectivity index (χ2v) is 5.98. The van der Waals surface area contributed by atoms with Crippen molar-refractivity contribution in [2.45, 2.75) is 11.3 Å². The third kappa shape index (κ3) is 3.13. The Labute approximate surface area is 112 Å². The normalized spacial score (nSPS) is 11.3. The van der Waals surface area contributed by atoms with Gasteiger partial charge in [-0.25, -0.2) is 8.42 Å². The molecule has 0 saturated carbocycles. The lowest BCUT2D eigenvalue weighted by Crippen LogP contribution is -2.28. The summed E-state index contributed by atoms with van der Waals surface area (Å²) in [5.41, 5.74) is 0. The number of methoxy groups -OCH3 is 1. The zero-order chi connectivity index (χ0) is 13.8. The smallest absolute Gasteiger partial charge is 0.246 e. The minimum Gasteiger partial charge on any atom is -0.495 e. The lowest BCUT2D eigenvalue weighted by Gasteiger charge is -2.17. The molecule has 0 amide bonds. The van der Waals surface area contributed by atoms with Gasteiger partial charge in [0.15, 0.2) is 0 Å². The van der Waals surface area contributed by atoms with Gasteiger partial charge in [-0.1, -0.05) is 11.6 Å². The van der Waals surface area contributed by atoms with Crippen LogP contribution in [0, 0.1) is 11.3 Å². The molecule has 0 aliphatic carbocycles. The largest absolute Gasteiger partial charge is 0.495 e. The number of hydrogen-bond acceptors (Lipinski definition) is 4. The highest BCUT2D eigenvalue weighted by molar-refractivity contribution is 7.89. The molecule has 0 bridgehead atoms. The summed E-state index contributed by atoms with van der Waals surface area (Å²) < 4.78 is 30.6. The summed E-state index contributed by atoms with van der Waals surface area (Å²) in [5.74, 6) is 0.225. The van der Waals surface area contributed by atoms with E-state index in [1.165, 1.54) is 26.3 Å². The van der Waals surface area contributed by atoms with E-state index in [4.69, 9.17) is 21.6 Å². The van der Waals surface area contributed by atoms with E-state index < -0.39 is 10.0 Å². The highest BCUT2D eigenvalue weighted by Gasteiger charge is 2.24. The summed E-state index contributed by atoms with van der Waals surface area (Å²) in [6.07, 6.45) is 0.124. The first-order chi connectivity index (χ1) is 8.43. The minimum atomic E-state index is -3.70. The maximum absolute atomic E-state index is 12.2. The molecule has 0 spiro atoms. The predicted octanol–water partition coefficient (Wildman–Crippen LogP) is 1.88. The van der Waals surface area contributed by atoms with Gasteiger partial charge in [0.1, 0.15) is 10.6 Å². The van der Waals surface area contributed by atoms with Crippen LogP contribution in [0.4, 0.5) is 0 Å². The SMILES string of the molecule is COc1ccc(Cl)cc1S(=O)(=O)N(C)CCC#N. The molecule has 1 aromatic rings. The standard InChI is InChI=1S/C11H13ClN2O3S/c1-14(7-3-6-13)18(15,16)11-8-9(12)4-5-10(11)17-2/h4-5,8H,3,7H2,1-2H3. The molecule has 5 nitrogen and oxygen atoms in total. The fourth-order valence-electron chi connectivity index (χ4n) is 1.35. The van der Waals surface area contributed by atoms with E-state index in [-0.39, 0.29) is 23.6 Å². The second kappa shape index (κ2) is 6.05. The number of rotatable bonds is 5. The zero-order valence-corrected chi connectivity index (χ0v) is 11.6. The molecule has 7 heteroatoms. The zero-order valence-electron chi connectivity index (χ0n) is 10.1. The summed E-state index contributed by atoms with van der Waals surface area (Å²) in [7, 11) is -0.908. The Hall–Kier alpha value is -1.29. The summed E-state index contributed by atoms with van der Waals surface area (Å²) in [5, 5.41) is 8.79. The molecule has 0 atom stereocenters. The Morgan fingerprint density at radius 3 is 2.72 bits per heavy atom. The molecule has 1 aromatic carbocycles. The van der Waals surface area contributed by atoms with Gasteiger partial charge in [0.05, 0.1) is 13.2 Å². The van der Waals surface area contributed by atoms with Crippen molar-refractivity contribution in [2.24, 2.45) is 0 Å². The maximum atomic E-state index is 12.2. The topological polar surface area (TPSA) is 70.4 Å². The maximum Gasteiger partial charge on any atom is 0.246 e.